The van der Waals surface area contributed by atoms with Gasteiger partial charge in [0.05, 0.1) is 12.7 Å². The second kappa shape index (κ2) is 7.81. The number of carbonyl (C=O) groups is 2. The minimum Gasteiger partial charge on any atom is -0.481 e. The molecule has 0 aliphatic carbocycles. The topological polar surface area (TPSA) is 79.5 Å². The third-order valence-corrected chi connectivity index (χ3v) is 4.08. The molecule has 5 heteroatoms. The summed E-state index contributed by atoms with van der Waals surface area (Å²) in [5.41, 5.74) is 4.02. The predicted molar refractivity (Wildman–Crippen MR) is 88.5 cm³/mol. The van der Waals surface area contributed by atoms with Gasteiger partial charge in [-0.15, -0.1) is 0 Å². The average Bonchev–Trinajstić information content (AvgIpc) is 2.90. The van der Waals surface area contributed by atoms with Crippen molar-refractivity contribution in [3.63, 3.8) is 0 Å². The van der Waals surface area contributed by atoms with Crippen LogP contribution in [0, 0.1) is 13.8 Å². The van der Waals surface area contributed by atoms with Crippen LogP contribution in [-0.4, -0.2) is 23.5 Å². The molecule has 0 bridgehead atoms. The first-order chi connectivity index (χ1) is 11.0. The minimum absolute atomic E-state index is 0.0378. The highest BCUT2D eigenvalue weighted by Gasteiger charge is 2.12. The molecule has 0 unspecified atom stereocenters. The van der Waals surface area contributed by atoms with Crippen molar-refractivity contribution >= 4 is 22.8 Å². The van der Waals surface area contributed by atoms with E-state index in [9.17, 15) is 9.59 Å². The van der Waals surface area contributed by atoms with Gasteiger partial charge in [-0.3, -0.25) is 9.59 Å². The number of aryl methyl sites for hydroxylation is 2. The van der Waals surface area contributed by atoms with Crippen molar-refractivity contribution in [3.8, 4) is 0 Å². The number of benzene rings is 1. The molecular weight excluding hydrogens is 294 g/mol. The maximum absolute atomic E-state index is 12.0. The van der Waals surface area contributed by atoms with Crippen LogP contribution >= 0.6 is 0 Å². The molecule has 0 radical (unpaired) electrons. The largest absolute Gasteiger partial charge is 0.481 e. The van der Waals surface area contributed by atoms with Crippen LogP contribution in [0.25, 0.3) is 11.0 Å². The van der Waals surface area contributed by atoms with Crippen molar-refractivity contribution in [1.82, 2.24) is 5.32 Å². The van der Waals surface area contributed by atoms with Gasteiger partial charge in [-0.2, -0.15) is 0 Å². The summed E-state index contributed by atoms with van der Waals surface area (Å²) in [4.78, 5) is 22.4. The molecule has 1 heterocycles. The second-order valence-corrected chi connectivity index (χ2v) is 5.88. The molecule has 0 aliphatic rings. The summed E-state index contributed by atoms with van der Waals surface area (Å²) in [6.07, 6.45) is 4.39. The number of nitrogens with one attached hydrogen (secondary N) is 1. The Morgan fingerprint density at radius 2 is 1.96 bits per heavy atom. The molecule has 5 nitrogen and oxygen atoms in total. The van der Waals surface area contributed by atoms with Gasteiger partial charge in [0.15, 0.2) is 0 Å². The van der Waals surface area contributed by atoms with E-state index in [4.69, 9.17) is 9.52 Å². The molecule has 0 saturated carbocycles. The molecule has 0 atom stereocenters. The van der Waals surface area contributed by atoms with Crippen molar-refractivity contribution in [1.29, 1.82) is 0 Å². The fourth-order valence-electron chi connectivity index (χ4n) is 2.57. The lowest BCUT2D eigenvalue weighted by Crippen LogP contribution is -2.26. The van der Waals surface area contributed by atoms with Crippen LogP contribution in [0.1, 0.15) is 42.4 Å². The Kier molecular flexibility index (Phi) is 5.79. The van der Waals surface area contributed by atoms with Crippen LogP contribution in [-0.2, 0) is 16.0 Å². The summed E-state index contributed by atoms with van der Waals surface area (Å²) in [7, 11) is 0. The Balaban J connectivity index is 1.82. The van der Waals surface area contributed by atoms with E-state index in [1.165, 1.54) is 5.56 Å². The number of carbonyl (C=O) groups excluding carboxylic acids is 1. The first-order valence-electron chi connectivity index (χ1n) is 7.94. The standard InChI is InChI=1S/C18H23NO4/c1-12-7-8-15-14(11-23-18(15)13(12)2)10-16(20)19-9-5-3-4-6-17(21)22/h7-8,11H,3-6,9-10H2,1-2H3,(H,19,20)(H,21,22). The monoisotopic (exact) mass is 317 g/mol. The molecule has 0 aliphatic heterocycles. The number of carboxylic acids is 1. The van der Waals surface area contributed by atoms with E-state index in [2.05, 4.69) is 5.32 Å². The fraction of sp³-hybridized carbons (Fsp3) is 0.444. The van der Waals surface area contributed by atoms with Gasteiger partial charge in [-0.1, -0.05) is 18.6 Å². The number of rotatable bonds is 8. The number of amides is 1. The second-order valence-electron chi connectivity index (χ2n) is 5.88. The van der Waals surface area contributed by atoms with Gasteiger partial charge in [-0.05, 0) is 37.8 Å². The van der Waals surface area contributed by atoms with Gasteiger partial charge >= 0.3 is 5.97 Å². The molecule has 0 fully saturated rings. The molecule has 1 aromatic carbocycles. The summed E-state index contributed by atoms with van der Waals surface area (Å²) in [5.74, 6) is -0.810. The molecular formula is C18H23NO4. The van der Waals surface area contributed by atoms with Crippen LogP contribution in [0.2, 0.25) is 0 Å². The Labute approximate surface area is 135 Å². The maximum Gasteiger partial charge on any atom is 0.303 e. The van der Waals surface area contributed by atoms with E-state index in [1.807, 2.05) is 26.0 Å². The van der Waals surface area contributed by atoms with Crippen LogP contribution in [0.5, 0.6) is 0 Å². The smallest absolute Gasteiger partial charge is 0.303 e. The van der Waals surface area contributed by atoms with Gasteiger partial charge in [0.25, 0.3) is 0 Å². The first kappa shape index (κ1) is 17.1. The Hall–Kier alpha value is -2.30. The third-order valence-electron chi connectivity index (χ3n) is 4.08. The van der Waals surface area contributed by atoms with Crippen molar-refractivity contribution in [2.75, 3.05) is 6.54 Å². The molecule has 0 saturated heterocycles. The van der Waals surface area contributed by atoms with Gasteiger partial charge < -0.3 is 14.8 Å². The Morgan fingerprint density at radius 1 is 1.17 bits per heavy atom. The van der Waals surface area contributed by atoms with Crippen LogP contribution < -0.4 is 5.32 Å². The van der Waals surface area contributed by atoms with Crippen LogP contribution in [0.15, 0.2) is 22.8 Å². The highest BCUT2D eigenvalue weighted by Crippen LogP contribution is 2.26. The average molecular weight is 317 g/mol. The Bertz CT molecular complexity index is 702. The lowest BCUT2D eigenvalue weighted by molar-refractivity contribution is -0.137. The number of hydrogen-bond acceptors (Lipinski definition) is 3. The maximum atomic E-state index is 12.0. The fourth-order valence-corrected chi connectivity index (χ4v) is 2.57. The van der Waals surface area contributed by atoms with Crippen molar-refractivity contribution in [3.05, 3.63) is 35.1 Å². The Morgan fingerprint density at radius 3 is 2.70 bits per heavy atom. The molecule has 2 aromatic rings. The summed E-state index contributed by atoms with van der Waals surface area (Å²) < 4.78 is 5.61. The van der Waals surface area contributed by atoms with E-state index in [1.54, 1.807) is 6.26 Å². The summed E-state index contributed by atoms with van der Waals surface area (Å²) >= 11 is 0. The number of furan rings is 1. The quantitative estimate of drug-likeness (QED) is 0.732. The van der Waals surface area contributed by atoms with Crippen molar-refractivity contribution in [2.24, 2.45) is 0 Å². The highest BCUT2D eigenvalue weighted by atomic mass is 16.4. The van der Waals surface area contributed by atoms with Gasteiger partial charge in [0.1, 0.15) is 5.58 Å². The van der Waals surface area contributed by atoms with E-state index in [0.29, 0.717) is 19.4 Å². The van der Waals surface area contributed by atoms with Gasteiger partial charge in [0, 0.05) is 23.9 Å². The van der Waals surface area contributed by atoms with E-state index >= 15 is 0 Å². The molecule has 124 valence electrons. The SMILES string of the molecule is Cc1ccc2c(CC(=O)NCCCCCC(=O)O)coc2c1C. The number of fused-ring (bicyclic) bond motifs is 1. The lowest BCUT2D eigenvalue weighted by Gasteiger charge is -2.05. The van der Waals surface area contributed by atoms with Crippen LogP contribution in [0.3, 0.4) is 0 Å². The summed E-state index contributed by atoms with van der Waals surface area (Å²) in [6.45, 7) is 4.63. The molecule has 1 amide bonds. The van der Waals surface area contributed by atoms with Crippen molar-refractivity contribution < 1.29 is 19.1 Å². The zero-order valence-electron chi connectivity index (χ0n) is 13.6. The summed E-state index contributed by atoms with van der Waals surface area (Å²) in [6, 6.07) is 4.03. The molecule has 23 heavy (non-hydrogen) atoms. The lowest BCUT2D eigenvalue weighted by atomic mass is 10.0. The van der Waals surface area contributed by atoms with Crippen molar-refractivity contribution in [2.45, 2.75) is 46.0 Å². The number of unbranched alkanes of at least 4 members (excludes halogenated alkanes) is 2. The first-order valence-corrected chi connectivity index (χ1v) is 7.94. The third kappa shape index (κ3) is 4.58. The zero-order chi connectivity index (χ0) is 16.8. The zero-order valence-corrected chi connectivity index (χ0v) is 13.6. The molecule has 2 N–H and O–H groups in total. The molecule has 2 rings (SSSR count). The van der Waals surface area contributed by atoms with E-state index in [0.717, 1.165) is 34.9 Å². The summed E-state index contributed by atoms with van der Waals surface area (Å²) in [5, 5.41) is 12.4. The van der Waals surface area contributed by atoms with E-state index in [-0.39, 0.29) is 12.3 Å². The number of carboxylic acid groups (broad SMARTS) is 1. The predicted octanol–water partition coefficient (Wildman–Crippen LogP) is 3.35. The number of hydrogen-bond donors (Lipinski definition) is 2. The minimum atomic E-state index is -0.772. The van der Waals surface area contributed by atoms with Crippen LogP contribution in [0.4, 0.5) is 0 Å². The number of aliphatic carboxylic acids is 1. The van der Waals surface area contributed by atoms with E-state index < -0.39 is 5.97 Å². The van der Waals surface area contributed by atoms with Gasteiger partial charge in [0.2, 0.25) is 5.91 Å². The van der Waals surface area contributed by atoms with Gasteiger partial charge in [-0.25, -0.2) is 0 Å². The highest BCUT2D eigenvalue weighted by molar-refractivity contribution is 5.89. The normalized spacial score (nSPS) is 10.9. The molecule has 1 aromatic heterocycles. The molecule has 0 spiro atoms.